The molecule has 0 spiro atoms. The number of hydrogen-bond acceptors (Lipinski definition) is 5. The monoisotopic (exact) mass is 552 g/mol. The molecule has 0 aliphatic carbocycles. The molecule has 0 fully saturated rings. The van der Waals surface area contributed by atoms with Crippen molar-refractivity contribution in [2.75, 3.05) is 10.6 Å². The van der Waals surface area contributed by atoms with Gasteiger partial charge in [0.2, 0.25) is 5.91 Å². The lowest BCUT2D eigenvalue weighted by atomic mass is 10.1. The number of rotatable bonds is 6. The van der Waals surface area contributed by atoms with Gasteiger partial charge in [-0.05, 0) is 82.3 Å². The molecule has 1 aromatic heterocycles. The number of hydrogen-bond donors (Lipinski definition) is 2. The summed E-state index contributed by atoms with van der Waals surface area (Å²) in [4.78, 5) is 42.6. The highest BCUT2D eigenvalue weighted by Crippen LogP contribution is 2.25. The fourth-order valence-corrected chi connectivity index (χ4v) is 3.77. The van der Waals surface area contributed by atoms with Crippen LogP contribution in [0.5, 0.6) is 0 Å². The number of aryl methyl sites for hydroxylation is 1. The minimum atomic E-state index is -0.732. The molecular formula is C32H29FN4O4. The zero-order valence-corrected chi connectivity index (χ0v) is 23.1. The van der Waals surface area contributed by atoms with E-state index in [0.717, 1.165) is 11.4 Å². The Balaban J connectivity index is 1.54. The number of ketones is 1. The van der Waals surface area contributed by atoms with Crippen molar-refractivity contribution in [1.82, 2.24) is 9.55 Å². The summed E-state index contributed by atoms with van der Waals surface area (Å²) < 4.78 is 20.3. The third-order valence-corrected chi connectivity index (χ3v) is 5.62. The van der Waals surface area contributed by atoms with Crippen LogP contribution in [0.1, 0.15) is 54.4 Å². The summed E-state index contributed by atoms with van der Waals surface area (Å²) >= 11 is 0. The summed E-state index contributed by atoms with van der Waals surface area (Å²) in [7, 11) is 0. The average molecular weight is 553 g/mol. The number of nitrogens with one attached hydrogen (secondary N) is 2. The van der Waals surface area contributed by atoms with Crippen LogP contribution in [-0.2, 0) is 9.53 Å². The number of carbonyl (C=O) groups excluding carboxylic acids is 3. The third kappa shape index (κ3) is 8.38. The van der Waals surface area contributed by atoms with Crippen LogP contribution in [-0.4, -0.2) is 32.9 Å². The molecule has 4 aromatic rings. The fourth-order valence-electron chi connectivity index (χ4n) is 3.77. The Hall–Kier alpha value is -5.23. The molecule has 0 unspecified atom stereocenters. The number of Topliss-reactive ketones (excluding diaryl/α,β-unsaturated/α-hetero) is 1. The normalized spacial score (nSPS) is 10.8. The summed E-state index contributed by atoms with van der Waals surface area (Å²) in [6.45, 7) is 7.07. The molecule has 0 radical (unpaired) electrons. The van der Waals surface area contributed by atoms with Crippen molar-refractivity contribution in [1.29, 1.82) is 0 Å². The van der Waals surface area contributed by atoms with Gasteiger partial charge in [0.25, 0.3) is 0 Å². The molecule has 0 saturated carbocycles. The SMILES string of the molecule is Cc1cn(-c2cccc(C(=O)CC(=O)Nc3cc(C#Cc4ccc(F)cc4)ccc3NC(=O)OC(C)(C)C)c2)cn1. The number of halogens is 1. The van der Waals surface area contributed by atoms with Gasteiger partial charge in [-0.1, -0.05) is 24.0 Å². The number of ether oxygens (including phenoxy) is 1. The molecule has 0 bridgehead atoms. The van der Waals surface area contributed by atoms with Gasteiger partial charge in [-0.2, -0.15) is 0 Å². The van der Waals surface area contributed by atoms with Crippen molar-refractivity contribution in [3.8, 4) is 17.5 Å². The second-order valence-corrected chi connectivity index (χ2v) is 10.3. The van der Waals surface area contributed by atoms with Crippen LogP contribution in [0.4, 0.5) is 20.6 Å². The Morgan fingerprint density at radius 3 is 2.32 bits per heavy atom. The van der Waals surface area contributed by atoms with Crippen LogP contribution in [0.2, 0.25) is 0 Å². The minimum absolute atomic E-state index is 0.238. The highest BCUT2D eigenvalue weighted by atomic mass is 19.1. The summed E-state index contributed by atoms with van der Waals surface area (Å²) in [5, 5.41) is 5.35. The van der Waals surface area contributed by atoms with Crippen molar-refractivity contribution >= 4 is 29.2 Å². The van der Waals surface area contributed by atoms with Crippen molar-refractivity contribution in [2.24, 2.45) is 0 Å². The average Bonchev–Trinajstić information content (AvgIpc) is 3.35. The number of imidazole rings is 1. The van der Waals surface area contributed by atoms with E-state index in [1.54, 1.807) is 80.2 Å². The number of nitrogens with zero attached hydrogens (tertiary/aromatic N) is 2. The standard InChI is InChI=1S/C32H29FN4O4/c1-21-19-37(20-34-21)26-7-5-6-24(17-26)29(38)18-30(39)35-28-16-23(9-8-22-10-13-25(33)14-11-22)12-15-27(28)36-31(40)41-32(2,3)4/h5-7,10-17,19-20H,18H2,1-4H3,(H,35,39)(H,36,40). The second kappa shape index (κ2) is 12.3. The largest absolute Gasteiger partial charge is 0.444 e. The first-order valence-corrected chi connectivity index (χ1v) is 12.8. The molecule has 2 N–H and O–H groups in total. The lowest BCUT2D eigenvalue weighted by Gasteiger charge is -2.20. The predicted molar refractivity (Wildman–Crippen MR) is 155 cm³/mol. The van der Waals surface area contributed by atoms with Crippen molar-refractivity contribution in [3.63, 3.8) is 0 Å². The molecule has 3 aromatic carbocycles. The molecule has 1 heterocycles. The lowest BCUT2D eigenvalue weighted by Crippen LogP contribution is -2.27. The molecule has 0 aliphatic heterocycles. The molecule has 9 heteroatoms. The number of aromatic nitrogens is 2. The van der Waals surface area contributed by atoms with Crippen LogP contribution in [0.3, 0.4) is 0 Å². The molecule has 8 nitrogen and oxygen atoms in total. The maximum absolute atomic E-state index is 13.2. The highest BCUT2D eigenvalue weighted by molar-refractivity contribution is 6.12. The number of anilines is 2. The Morgan fingerprint density at radius 2 is 1.63 bits per heavy atom. The van der Waals surface area contributed by atoms with Crippen molar-refractivity contribution in [3.05, 3.63) is 107 Å². The minimum Gasteiger partial charge on any atom is -0.444 e. The first-order chi connectivity index (χ1) is 19.4. The lowest BCUT2D eigenvalue weighted by molar-refractivity contribution is -0.115. The maximum Gasteiger partial charge on any atom is 0.412 e. The third-order valence-electron chi connectivity index (χ3n) is 5.62. The quantitative estimate of drug-likeness (QED) is 0.167. The predicted octanol–water partition coefficient (Wildman–Crippen LogP) is 6.28. The summed E-state index contributed by atoms with van der Waals surface area (Å²) in [5.41, 5.74) is 2.85. The van der Waals surface area contributed by atoms with E-state index in [4.69, 9.17) is 4.74 Å². The Labute approximate surface area is 237 Å². The molecule has 0 aliphatic rings. The number of amides is 2. The summed E-state index contributed by atoms with van der Waals surface area (Å²) in [5.74, 6) is 4.57. The molecule has 41 heavy (non-hydrogen) atoms. The molecule has 2 amide bonds. The maximum atomic E-state index is 13.2. The van der Waals surface area contributed by atoms with Crippen molar-refractivity contribution < 1.29 is 23.5 Å². The molecular weight excluding hydrogens is 523 g/mol. The van der Waals surface area contributed by atoms with Crippen LogP contribution < -0.4 is 10.6 Å². The Kier molecular flexibility index (Phi) is 8.63. The van der Waals surface area contributed by atoms with Gasteiger partial charge in [-0.25, -0.2) is 14.2 Å². The van der Waals surface area contributed by atoms with E-state index in [1.807, 2.05) is 19.2 Å². The number of carbonyl (C=O) groups is 3. The van der Waals surface area contributed by atoms with Gasteiger partial charge in [-0.3, -0.25) is 14.9 Å². The van der Waals surface area contributed by atoms with E-state index in [1.165, 1.54) is 12.1 Å². The summed E-state index contributed by atoms with van der Waals surface area (Å²) in [6.07, 6.45) is 2.35. The van der Waals surface area contributed by atoms with Gasteiger partial charge in [0.05, 0.1) is 29.8 Å². The fraction of sp³-hybridized carbons (Fsp3) is 0.188. The van der Waals surface area contributed by atoms with Gasteiger partial charge in [0, 0.05) is 28.6 Å². The van der Waals surface area contributed by atoms with Crippen LogP contribution in [0.15, 0.2) is 79.3 Å². The van der Waals surface area contributed by atoms with Crippen molar-refractivity contribution in [2.45, 2.75) is 39.7 Å². The van der Waals surface area contributed by atoms with Crippen LogP contribution in [0.25, 0.3) is 5.69 Å². The zero-order chi connectivity index (χ0) is 29.6. The molecule has 0 atom stereocenters. The smallest absolute Gasteiger partial charge is 0.412 e. The zero-order valence-electron chi connectivity index (χ0n) is 23.1. The van der Waals surface area contributed by atoms with Gasteiger partial charge in [-0.15, -0.1) is 0 Å². The second-order valence-electron chi connectivity index (χ2n) is 10.3. The molecule has 208 valence electrons. The highest BCUT2D eigenvalue weighted by Gasteiger charge is 2.19. The van der Waals surface area contributed by atoms with E-state index in [2.05, 4.69) is 27.5 Å². The van der Waals surface area contributed by atoms with Crippen LogP contribution >= 0.6 is 0 Å². The van der Waals surface area contributed by atoms with E-state index in [0.29, 0.717) is 16.7 Å². The first-order valence-electron chi connectivity index (χ1n) is 12.8. The van der Waals surface area contributed by atoms with Gasteiger partial charge < -0.3 is 14.6 Å². The van der Waals surface area contributed by atoms with Crippen LogP contribution in [0, 0.1) is 24.6 Å². The van der Waals surface area contributed by atoms with E-state index >= 15 is 0 Å². The first kappa shape index (κ1) is 28.8. The Morgan fingerprint density at radius 1 is 0.927 bits per heavy atom. The van der Waals surface area contributed by atoms with E-state index in [9.17, 15) is 18.8 Å². The molecule has 4 rings (SSSR count). The molecule has 0 saturated heterocycles. The topological polar surface area (TPSA) is 102 Å². The Bertz CT molecular complexity index is 1660. The van der Waals surface area contributed by atoms with E-state index in [-0.39, 0.29) is 23.0 Å². The summed E-state index contributed by atoms with van der Waals surface area (Å²) in [6, 6.07) is 17.5. The van der Waals surface area contributed by atoms with Gasteiger partial charge in [0.15, 0.2) is 5.78 Å². The van der Waals surface area contributed by atoms with E-state index < -0.39 is 24.0 Å². The number of benzene rings is 3. The van der Waals surface area contributed by atoms with Gasteiger partial charge >= 0.3 is 6.09 Å². The van der Waals surface area contributed by atoms with Gasteiger partial charge in [0.1, 0.15) is 11.4 Å².